The minimum Gasteiger partial charge on any atom is -0.299 e. The lowest BCUT2D eigenvalue weighted by molar-refractivity contribution is 0.305. The number of nitrogens with zero attached hydrogens (tertiary/aromatic N) is 2. The Kier molecular flexibility index (Phi) is 4.70. The van der Waals surface area contributed by atoms with Crippen molar-refractivity contribution in [2.24, 2.45) is 0 Å². The molecule has 0 radical (unpaired) electrons. The van der Waals surface area contributed by atoms with Crippen molar-refractivity contribution >= 4 is 15.6 Å². The summed E-state index contributed by atoms with van der Waals surface area (Å²) in [5.74, 6) is -0.0157. The van der Waals surface area contributed by atoms with Gasteiger partial charge in [-0.25, -0.2) is 9.37 Å². The molecule has 142 valence electrons. The van der Waals surface area contributed by atoms with Crippen LogP contribution in [-0.2, 0) is 20.9 Å². The lowest BCUT2D eigenvalue weighted by Gasteiger charge is -2.05. The van der Waals surface area contributed by atoms with Crippen LogP contribution in [0, 0.1) is 12.7 Å². The molecule has 0 saturated carbocycles. The summed E-state index contributed by atoms with van der Waals surface area (Å²) in [5, 5.41) is 0. The first-order valence-corrected chi connectivity index (χ1v) is 10.0. The molecule has 4 rings (SSSR count). The zero-order chi connectivity index (χ0) is 19.7. The Bertz CT molecular complexity index is 1250. The van der Waals surface area contributed by atoms with Crippen molar-refractivity contribution in [1.82, 2.24) is 9.38 Å². The van der Waals surface area contributed by atoms with Crippen LogP contribution in [0.3, 0.4) is 0 Å². The van der Waals surface area contributed by atoms with Crippen LogP contribution in [0.5, 0.6) is 0 Å². The van der Waals surface area contributed by atoms with Crippen molar-refractivity contribution in [1.29, 1.82) is 0 Å². The molecule has 0 N–H and O–H groups in total. The van der Waals surface area contributed by atoms with E-state index in [2.05, 4.69) is 4.98 Å². The van der Waals surface area contributed by atoms with Gasteiger partial charge in [0, 0.05) is 6.20 Å². The van der Waals surface area contributed by atoms with Gasteiger partial charge in [0.15, 0.2) is 0 Å². The van der Waals surface area contributed by atoms with Gasteiger partial charge in [-0.1, -0.05) is 35.9 Å². The SMILES string of the molecule is Cc1ccc(S(=O)(=O)OCc2nc(-c3ccccc3F)n3ccccc23)cc1. The molecule has 0 bridgehead atoms. The van der Waals surface area contributed by atoms with Gasteiger partial charge in [-0.15, -0.1) is 0 Å². The van der Waals surface area contributed by atoms with E-state index in [-0.39, 0.29) is 11.5 Å². The largest absolute Gasteiger partial charge is 0.299 e. The molecular weight excluding hydrogens is 379 g/mol. The van der Waals surface area contributed by atoms with E-state index in [9.17, 15) is 12.8 Å². The second-order valence-electron chi connectivity index (χ2n) is 6.35. The van der Waals surface area contributed by atoms with E-state index in [0.717, 1.165) is 5.56 Å². The van der Waals surface area contributed by atoms with E-state index >= 15 is 0 Å². The monoisotopic (exact) mass is 396 g/mol. The molecule has 0 amide bonds. The third-order valence-corrected chi connectivity index (χ3v) is 5.68. The van der Waals surface area contributed by atoms with Gasteiger partial charge in [0.2, 0.25) is 0 Å². The van der Waals surface area contributed by atoms with Gasteiger partial charge >= 0.3 is 0 Å². The Morgan fingerprint density at radius 1 is 1.00 bits per heavy atom. The van der Waals surface area contributed by atoms with Crippen molar-refractivity contribution < 1.29 is 17.0 Å². The first-order chi connectivity index (χ1) is 13.5. The summed E-state index contributed by atoms with van der Waals surface area (Å²) in [5.41, 5.74) is 2.35. The molecule has 28 heavy (non-hydrogen) atoms. The first-order valence-electron chi connectivity index (χ1n) is 8.63. The van der Waals surface area contributed by atoms with Crippen LogP contribution in [0.25, 0.3) is 16.9 Å². The first kappa shape index (κ1) is 18.3. The number of benzene rings is 2. The molecule has 2 heterocycles. The van der Waals surface area contributed by atoms with Gasteiger partial charge < -0.3 is 0 Å². The summed E-state index contributed by atoms with van der Waals surface area (Å²) in [7, 11) is -3.93. The van der Waals surface area contributed by atoms with Crippen molar-refractivity contribution in [2.45, 2.75) is 18.4 Å². The predicted octanol–water partition coefficient (Wildman–Crippen LogP) is 4.35. The third kappa shape index (κ3) is 3.42. The standard InChI is InChI=1S/C21H17FN2O3S/c1-15-9-11-16(12-10-15)28(25,26)27-14-19-20-8-4-5-13-24(20)21(23-19)17-6-2-3-7-18(17)22/h2-13H,14H2,1H3. The smallest absolute Gasteiger partial charge is 0.297 e. The molecule has 0 aliphatic rings. The zero-order valence-corrected chi connectivity index (χ0v) is 15.9. The molecule has 0 aliphatic carbocycles. The summed E-state index contributed by atoms with van der Waals surface area (Å²) >= 11 is 0. The van der Waals surface area contributed by atoms with Crippen molar-refractivity contribution in [3.05, 3.63) is 90.0 Å². The lowest BCUT2D eigenvalue weighted by atomic mass is 10.2. The number of aromatic nitrogens is 2. The average molecular weight is 396 g/mol. The number of aryl methyl sites for hydroxylation is 1. The number of fused-ring (bicyclic) bond motifs is 1. The number of hydrogen-bond donors (Lipinski definition) is 0. The van der Waals surface area contributed by atoms with Crippen molar-refractivity contribution in [3.8, 4) is 11.4 Å². The molecule has 5 nitrogen and oxygen atoms in total. The highest BCUT2D eigenvalue weighted by molar-refractivity contribution is 7.86. The lowest BCUT2D eigenvalue weighted by Crippen LogP contribution is -2.07. The van der Waals surface area contributed by atoms with E-state index in [0.29, 0.717) is 22.6 Å². The van der Waals surface area contributed by atoms with Crippen LogP contribution in [0.4, 0.5) is 4.39 Å². The zero-order valence-electron chi connectivity index (χ0n) is 15.0. The van der Waals surface area contributed by atoms with Crippen LogP contribution >= 0.6 is 0 Å². The van der Waals surface area contributed by atoms with Gasteiger partial charge in [-0.05, 0) is 43.3 Å². The van der Waals surface area contributed by atoms with Crippen molar-refractivity contribution in [2.75, 3.05) is 0 Å². The van der Waals surface area contributed by atoms with E-state index in [1.807, 2.05) is 6.92 Å². The van der Waals surface area contributed by atoms with E-state index < -0.39 is 15.9 Å². The molecule has 2 aromatic heterocycles. The van der Waals surface area contributed by atoms with E-state index in [4.69, 9.17) is 4.18 Å². The predicted molar refractivity (Wildman–Crippen MR) is 104 cm³/mol. The molecule has 0 atom stereocenters. The minimum absolute atomic E-state index is 0.0796. The van der Waals surface area contributed by atoms with E-state index in [1.165, 1.54) is 18.2 Å². The van der Waals surface area contributed by atoms with Crippen LogP contribution in [-0.4, -0.2) is 17.8 Å². The number of pyridine rings is 1. The highest BCUT2D eigenvalue weighted by atomic mass is 32.2. The summed E-state index contributed by atoms with van der Waals surface area (Å²) < 4.78 is 46.1. The maximum atomic E-state index is 14.3. The highest BCUT2D eigenvalue weighted by Gasteiger charge is 2.19. The third-order valence-electron chi connectivity index (χ3n) is 4.40. The summed E-state index contributed by atoms with van der Waals surface area (Å²) in [4.78, 5) is 4.54. The van der Waals surface area contributed by atoms with Gasteiger partial charge in [0.1, 0.15) is 18.2 Å². The Morgan fingerprint density at radius 3 is 2.46 bits per heavy atom. The average Bonchev–Trinajstić information content (AvgIpc) is 3.06. The quantitative estimate of drug-likeness (QED) is 0.471. The molecule has 2 aromatic carbocycles. The maximum absolute atomic E-state index is 14.3. The van der Waals surface area contributed by atoms with Gasteiger partial charge in [-0.2, -0.15) is 8.42 Å². The Labute approximate surface area is 162 Å². The molecule has 0 fully saturated rings. The minimum atomic E-state index is -3.93. The van der Waals surface area contributed by atoms with Gasteiger partial charge in [0.05, 0.1) is 21.7 Å². The van der Waals surface area contributed by atoms with Gasteiger partial charge in [-0.3, -0.25) is 8.58 Å². The Hall–Kier alpha value is -3.03. The van der Waals surface area contributed by atoms with Crippen LogP contribution in [0.2, 0.25) is 0 Å². The Balaban J connectivity index is 1.70. The fraction of sp³-hybridized carbons (Fsp3) is 0.0952. The molecule has 0 saturated heterocycles. The number of imidazole rings is 1. The Morgan fingerprint density at radius 2 is 1.71 bits per heavy atom. The second kappa shape index (κ2) is 7.18. The molecule has 4 aromatic rings. The van der Waals surface area contributed by atoms with Gasteiger partial charge in [0.25, 0.3) is 10.1 Å². The molecule has 7 heteroatoms. The topological polar surface area (TPSA) is 60.7 Å². The van der Waals surface area contributed by atoms with E-state index in [1.54, 1.807) is 59.1 Å². The highest BCUT2D eigenvalue weighted by Crippen LogP contribution is 2.26. The summed E-state index contributed by atoms with van der Waals surface area (Å²) in [6, 6.07) is 18.1. The molecular formula is C21H17FN2O3S. The van der Waals surface area contributed by atoms with Crippen LogP contribution < -0.4 is 0 Å². The number of rotatable bonds is 5. The number of hydrogen-bond acceptors (Lipinski definition) is 4. The maximum Gasteiger partial charge on any atom is 0.297 e. The van der Waals surface area contributed by atoms with Crippen LogP contribution in [0.1, 0.15) is 11.3 Å². The fourth-order valence-corrected chi connectivity index (χ4v) is 3.82. The molecule has 0 unspecified atom stereocenters. The second-order valence-corrected chi connectivity index (χ2v) is 7.96. The fourth-order valence-electron chi connectivity index (χ4n) is 2.95. The number of halogens is 1. The normalized spacial score (nSPS) is 11.8. The molecule has 0 spiro atoms. The molecule has 0 aliphatic heterocycles. The van der Waals surface area contributed by atoms with Crippen LogP contribution in [0.15, 0.2) is 77.8 Å². The summed E-state index contributed by atoms with van der Waals surface area (Å²) in [6.45, 7) is 1.62. The summed E-state index contributed by atoms with van der Waals surface area (Å²) in [6.07, 6.45) is 1.75. The van der Waals surface area contributed by atoms with Crippen molar-refractivity contribution in [3.63, 3.8) is 0 Å².